The quantitative estimate of drug-likeness (QED) is 0.481. The number of anilines is 1. The highest BCUT2D eigenvalue weighted by atomic mass is 19.1. The normalized spacial score (nSPS) is 16.1. The molecule has 31 heavy (non-hydrogen) atoms. The van der Waals surface area contributed by atoms with Crippen LogP contribution in [0.4, 0.5) is 14.8 Å². The number of hydrogen-bond acceptors (Lipinski definition) is 6. The molecule has 0 saturated heterocycles. The second-order valence-electron chi connectivity index (χ2n) is 7.23. The lowest BCUT2D eigenvalue weighted by Crippen LogP contribution is -2.36. The third kappa shape index (κ3) is 2.79. The molecule has 0 unspecified atom stereocenters. The molecule has 10 heteroatoms. The van der Waals surface area contributed by atoms with Gasteiger partial charge in [-0.1, -0.05) is 17.2 Å². The van der Waals surface area contributed by atoms with Crippen molar-refractivity contribution in [2.45, 2.75) is 12.5 Å². The summed E-state index contributed by atoms with van der Waals surface area (Å²) in [5.41, 5.74) is 3.14. The summed E-state index contributed by atoms with van der Waals surface area (Å²) < 4.78 is 35.9. The third-order valence-corrected chi connectivity index (χ3v) is 5.43. The molecule has 0 fully saturated rings. The number of rotatable bonds is 3. The summed E-state index contributed by atoms with van der Waals surface area (Å²) in [5.74, 6) is -1.74. The van der Waals surface area contributed by atoms with Crippen molar-refractivity contribution in [1.29, 1.82) is 0 Å². The molecular weight excluding hydrogens is 404 g/mol. The fourth-order valence-corrected chi connectivity index (χ4v) is 4.02. The van der Waals surface area contributed by atoms with Crippen molar-refractivity contribution >= 4 is 11.5 Å². The van der Waals surface area contributed by atoms with Crippen LogP contribution in [0.1, 0.15) is 23.1 Å². The SMILES string of the molecule is Fc1cccc(F)c1-c1nnc(N2CCc3nc[nH]c3[C@@H]2c2cc3ccccn3n2)o1. The number of aromatic amines is 1. The van der Waals surface area contributed by atoms with Crippen molar-refractivity contribution in [1.82, 2.24) is 29.8 Å². The van der Waals surface area contributed by atoms with Gasteiger partial charge in [-0.2, -0.15) is 5.10 Å². The van der Waals surface area contributed by atoms with Crippen molar-refractivity contribution in [3.05, 3.63) is 83.7 Å². The van der Waals surface area contributed by atoms with Crippen LogP contribution in [0, 0.1) is 11.6 Å². The molecule has 154 valence electrons. The van der Waals surface area contributed by atoms with Crippen molar-refractivity contribution in [3.63, 3.8) is 0 Å². The summed E-state index contributed by atoms with van der Waals surface area (Å²) >= 11 is 0. The molecule has 6 rings (SSSR count). The van der Waals surface area contributed by atoms with Crippen LogP contribution >= 0.6 is 0 Å². The second-order valence-corrected chi connectivity index (χ2v) is 7.23. The molecule has 5 heterocycles. The minimum Gasteiger partial charge on any atom is -0.403 e. The zero-order valence-corrected chi connectivity index (χ0v) is 16.0. The first-order chi connectivity index (χ1) is 15.2. The summed E-state index contributed by atoms with van der Waals surface area (Å²) in [7, 11) is 0. The molecule has 0 radical (unpaired) electrons. The van der Waals surface area contributed by atoms with E-state index in [1.54, 1.807) is 10.8 Å². The van der Waals surface area contributed by atoms with Crippen molar-refractivity contribution in [3.8, 4) is 11.5 Å². The van der Waals surface area contributed by atoms with E-state index in [4.69, 9.17) is 9.52 Å². The van der Waals surface area contributed by atoms with E-state index in [-0.39, 0.29) is 23.5 Å². The Bertz CT molecular complexity index is 1350. The van der Waals surface area contributed by atoms with Gasteiger partial charge in [-0.05, 0) is 30.3 Å². The molecule has 5 aromatic rings. The van der Waals surface area contributed by atoms with E-state index in [0.29, 0.717) is 13.0 Å². The zero-order chi connectivity index (χ0) is 20.9. The van der Waals surface area contributed by atoms with Gasteiger partial charge in [0.2, 0.25) is 0 Å². The Morgan fingerprint density at radius 1 is 1.06 bits per heavy atom. The molecule has 1 aliphatic heterocycles. The summed E-state index contributed by atoms with van der Waals surface area (Å²) in [6, 6.07) is 11.1. The molecular formula is C21H15F2N7O. The molecule has 0 amide bonds. The largest absolute Gasteiger partial charge is 0.403 e. The average molecular weight is 419 g/mol. The van der Waals surface area contributed by atoms with Crippen molar-refractivity contribution < 1.29 is 13.2 Å². The fraction of sp³-hybridized carbons (Fsp3) is 0.143. The summed E-state index contributed by atoms with van der Waals surface area (Å²) in [5, 5.41) is 12.7. The van der Waals surface area contributed by atoms with Crippen molar-refractivity contribution in [2.75, 3.05) is 11.4 Å². The minimum atomic E-state index is -0.762. The predicted octanol–water partition coefficient (Wildman–Crippen LogP) is 3.54. The van der Waals surface area contributed by atoms with Gasteiger partial charge in [0.05, 0.1) is 28.9 Å². The van der Waals surface area contributed by atoms with E-state index in [0.717, 1.165) is 34.7 Å². The van der Waals surface area contributed by atoms with E-state index in [1.165, 1.54) is 6.07 Å². The standard InChI is InChI=1S/C21H15F2N7O/c22-13-5-3-6-14(23)17(13)20-26-27-21(31-20)29-9-7-15-18(25-11-24-15)19(29)16-10-12-4-1-2-8-30(12)28-16/h1-6,8,10-11,19H,7,9H2,(H,24,25)/t19-/m0/s1. The molecule has 1 aromatic carbocycles. The van der Waals surface area contributed by atoms with Crippen molar-refractivity contribution in [2.24, 2.45) is 0 Å². The van der Waals surface area contributed by atoms with Gasteiger partial charge >= 0.3 is 6.01 Å². The molecule has 0 aliphatic carbocycles. The number of fused-ring (bicyclic) bond motifs is 2. The van der Waals surface area contributed by atoms with Gasteiger partial charge in [-0.15, -0.1) is 5.10 Å². The molecule has 0 spiro atoms. The van der Waals surface area contributed by atoms with E-state index < -0.39 is 11.6 Å². The maximum absolute atomic E-state index is 14.2. The first-order valence-corrected chi connectivity index (χ1v) is 9.70. The highest BCUT2D eigenvalue weighted by molar-refractivity contribution is 5.57. The first-order valence-electron chi connectivity index (χ1n) is 9.70. The molecule has 1 aliphatic rings. The number of pyridine rings is 1. The van der Waals surface area contributed by atoms with E-state index in [2.05, 4.69) is 20.2 Å². The number of benzene rings is 1. The Labute approximate surface area is 174 Å². The zero-order valence-electron chi connectivity index (χ0n) is 16.0. The molecule has 1 N–H and O–H groups in total. The number of hydrogen-bond donors (Lipinski definition) is 1. The van der Waals surface area contributed by atoms with Gasteiger partial charge in [0.25, 0.3) is 5.89 Å². The monoisotopic (exact) mass is 419 g/mol. The van der Waals surface area contributed by atoms with Gasteiger partial charge in [0.15, 0.2) is 0 Å². The molecule has 1 atom stereocenters. The van der Waals surface area contributed by atoms with Crippen LogP contribution in [0.5, 0.6) is 0 Å². The van der Waals surface area contributed by atoms with Gasteiger partial charge in [0, 0.05) is 19.2 Å². The Morgan fingerprint density at radius 2 is 1.94 bits per heavy atom. The average Bonchev–Trinajstić information content (AvgIpc) is 3.51. The number of aromatic nitrogens is 6. The van der Waals surface area contributed by atoms with Crippen LogP contribution in [0.3, 0.4) is 0 Å². The highest BCUT2D eigenvalue weighted by Gasteiger charge is 2.36. The number of imidazole rings is 1. The molecule has 0 saturated carbocycles. The fourth-order valence-electron chi connectivity index (χ4n) is 4.02. The Balaban J connectivity index is 1.46. The van der Waals surface area contributed by atoms with Crippen LogP contribution in [0.2, 0.25) is 0 Å². The minimum absolute atomic E-state index is 0.153. The van der Waals surface area contributed by atoms with Gasteiger partial charge in [-0.25, -0.2) is 18.3 Å². The van der Waals surface area contributed by atoms with E-state index in [1.807, 2.05) is 35.4 Å². The number of H-pyrrole nitrogens is 1. The number of nitrogens with zero attached hydrogens (tertiary/aromatic N) is 6. The van der Waals surface area contributed by atoms with Gasteiger partial charge in [0.1, 0.15) is 23.2 Å². The van der Waals surface area contributed by atoms with Crippen LogP contribution in [-0.2, 0) is 6.42 Å². The lowest BCUT2D eigenvalue weighted by atomic mass is 10.0. The second kappa shape index (κ2) is 6.73. The van der Waals surface area contributed by atoms with Crippen LogP contribution in [-0.4, -0.2) is 36.3 Å². The summed E-state index contributed by atoms with van der Waals surface area (Å²) in [6.07, 6.45) is 4.16. The topological polar surface area (TPSA) is 88.1 Å². The maximum atomic E-state index is 14.2. The lowest BCUT2D eigenvalue weighted by Gasteiger charge is -2.32. The van der Waals surface area contributed by atoms with E-state index >= 15 is 0 Å². The van der Waals surface area contributed by atoms with Crippen LogP contribution in [0.25, 0.3) is 17.0 Å². The Kier molecular flexibility index (Phi) is 3.85. The van der Waals surface area contributed by atoms with Gasteiger partial charge in [-0.3, -0.25) is 0 Å². The molecule has 8 nitrogen and oxygen atoms in total. The molecule has 0 bridgehead atoms. The van der Waals surface area contributed by atoms with Crippen LogP contribution in [0.15, 0.2) is 59.4 Å². The smallest absolute Gasteiger partial charge is 0.319 e. The van der Waals surface area contributed by atoms with Crippen LogP contribution < -0.4 is 4.90 Å². The highest BCUT2D eigenvalue weighted by Crippen LogP contribution is 2.37. The first kappa shape index (κ1) is 17.8. The molecule has 4 aromatic heterocycles. The lowest BCUT2D eigenvalue weighted by molar-refractivity contribution is 0.496. The summed E-state index contributed by atoms with van der Waals surface area (Å²) in [6.45, 7) is 0.526. The van der Waals surface area contributed by atoms with Gasteiger partial charge < -0.3 is 14.3 Å². The Morgan fingerprint density at radius 3 is 2.77 bits per heavy atom. The third-order valence-electron chi connectivity index (χ3n) is 5.43. The predicted molar refractivity (Wildman–Crippen MR) is 106 cm³/mol. The Hall–Kier alpha value is -4.08. The number of halogens is 2. The van der Waals surface area contributed by atoms with E-state index in [9.17, 15) is 8.78 Å². The summed E-state index contributed by atoms with van der Waals surface area (Å²) in [4.78, 5) is 9.48. The number of nitrogens with one attached hydrogen (secondary N) is 1. The maximum Gasteiger partial charge on any atom is 0.319 e.